The number of aliphatic hydroxyl groups is 2. The van der Waals surface area contributed by atoms with E-state index in [2.05, 4.69) is 21.4 Å². The lowest BCUT2D eigenvalue weighted by Gasteiger charge is -2.24. The second-order valence-corrected chi connectivity index (χ2v) is 9.57. The minimum atomic E-state index is -0.483. The quantitative estimate of drug-likeness (QED) is 0.231. The third kappa shape index (κ3) is 8.44. The Labute approximate surface area is 184 Å². The van der Waals surface area contributed by atoms with Crippen molar-refractivity contribution in [2.24, 2.45) is 17.0 Å². The Balaban J connectivity index is 1.69. The van der Waals surface area contributed by atoms with Crippen LogP contribution in [0.4, 0.5) is 0 Å². The summed E-state index contributed by atoms with van der Waals surface area (Å²) >= 11 is 1.75. The number of unbranched alkanes of at least 4 members (excludes halogenated alkanes) is 3. The molecule has 5 atom stereocenters. The average molecular weight is 440 g/mol. The molecule has 1 heterocycles. The van der Waals surface area contributed by atoms with E-state index in [0.717, 1.165) is 57.8 Å². The lowest BCUT2D eigenvalue weighted by molar-refractivity contribution is -0.140. The van der Waals surface area contributed by atoms with Crippen LogP contribution in [0.25, 0.3) is 0 Å². The maximum Gasteiger partial charge on any atom is 0.305 e. The van der Waals surface area contributed by atoms with Crippen molar-refractivity contribution in [2.45, 2.75) is 95.3 Å². The summed E-state index contributed by atoms with van der Waals surface area (Å²) in [6.07, 6.45) is 8.76. The van der Waals surface area contributed by atoms with Crippen molar-refractivity contribution >= 4 is 17.3 Å². The van der Waals surface area contributed by atoms with Gasteiger partial charge in [-0.25, -0.2) is 0 Å². The standard InChI is InChI=1S/C23H37NO5S/c1-29-23(27)12-5-3-2-4-11-20-19(21(24-28)16-22(20)26)14-13-17(25)8-6-9-18-10-7-15-30-18/h7,10,15,17,19-22,25-26H,2-6,8-9,11-14,16H2,1H3/t17-,19+,20+,21?,22-/m0/s1. The maximum absolute atomic E-state index is 11.3. The predicted molar refractivity (Wildman–Crippen MR) is 119 cm³/mol. The molecule has 0 spiro atoms. The molecule has 0 radical (unpaired) electrons. The van der Waals surface area contributed by atoms with E-state index in [9.17, 15) is 19.9 Å². The number of nitrogens with zero attached hydrogens (tertiary/aromatic N) is 1. The van der Waals surface area contributed by atoms with E-state index in [1.54, 1.807) is 11.3 Å². The molecule has 1 aromatic rings. The van der Waals surface area contributed by atoms with Gasteiger partial charge in [0.1, 0.15) is 0 Å². The highest BCUT2D eigenvalue weighted by molar-refractivity contribution is 7.09. The summed E-state index contributed by atoms with van der Waals surface area (Å²) in [5, 5.41) is 26.2. The van der Waals surface area contributed by atoms with Gasteiger partial charge in [0.15, 0.2) is 0 Å². The van der Waals surface area contributed by atoms with Gasteiger partial charge in [-0.2, -0.15) is 4.91 Å². The largest absolute Gasteiger partial charge is 0.469 e. The van der Waals surface area contributed by atoms with Crippen molar-refractivity contribution in [1.82, 2.24) is 0 Å². The summed E-state index contributed by atoms with van der Waals surface area (Å²) in [7, 11) is 1.40. The zero-order valence-corrected chi connectivity index (χ0v) is 18.9. The topological polar surface area (TPSA) is 96.2 Å². The van der Waals surface area contributed by atoms with Crippen LogP contribution in [0.1, 0.15) is 75.5 Å². The number of hydrogen-bond donors (Lipinski definition) is 2. The van der Waals surface area contributed by atoms with Crippen molar-refractivity contribution in [3.63, 3.8) is 0 Å². The molecular formula is C23H37NO5S. The van der Waals surface area contributed by atoms with Crippen LogP contribution in [0.15, 0.2) is 22.7 Å². The molecule has 6 nitrogen and oxygen atoms in total. The molecule has 1 aromatic heterocycles. The van der Waals surface area contributed by atoms with Crippen molar-refractivity contribution in [3.8, 4) is 0 Å². The van der Waals surface area contributed by atoms with Crippen LogP contribution in [0, 0.1) is 16.7 Å². The van der Waals surface area contributed by atoms with Crippen LogP contribution >= 0.6 is 11.3 Å². The Kier molecular flexibility index (Phi) is 11.6. The van der Waals surface area contributed by atoms with E-state index in [1.807, 2.05) is 6.07 Å². The number of hydrogen-bond acceptors (Lipinski definition) is 7. The normalized spacial score (nSPS) is 24.6. The molecule has 2 rings (SSSR count). The zero-order valence-electron chi connectivity index (χ0n) is 18.1. The molecule has 0 aromatic carbocycles. The van der Waals surface area contributed by atoms with Crippen LogP contribution in [0.2, 0.25) is 0 Å². The van der Waals surface area contributed by atoms with E-state index < -0.39 is 6.10 Å². The Morgan fingerprint density at radius 2 is 2.00 bits per heavy atom. The highest BCUT2D eigenvalue weighted by Gasteiger charge is 2.42. The second kappa shape index (κ2) is 13.9. The molecule has 1 fully saturated rings. The number of rotatable bonds is 15. The van der Waals surface area contributed by atoms with Crippen molar-refractivity contribution in [1.29, 1.82) is 0 Å². The van der Waals surface area contributed by atoms with Crippen LogP contribution in [-0.2, 0) is 16.0 Å². The lowest BCUT2D eigenvalue weighted by atomic mass is 9.84. The monoisotopic (exact) mass is 439 g/mol. The van der Waals surface area contributed by atoms with E-state index in [0.29, 0.717) is 19.3 Å². The molecular weight excluding hydrogens is 402 g/mol. The molecule has 0 aliphatic heterocycles. The van der Waals surface area contributed by atoms with Gasteiger partial charge in [0, 0.05) is 11.3 Å². The molecule has 7 heteroatoms. The van der Waals surface area contributed by atoms with Gasteiger partial charge in [-0.05, 0) is 74.6 Å². The van der Waals surface area contributed by atoms with E-state index >= 15 is 0 Å². The number of aliphatic hydroxyl groups excluding tert-OH is 2. The number of esters is 1. The van der Waals surface area contributed by atoms with Gasteiger partial charge < -0.3 is 14.9 Å². The van der Waals surface area contributed by atoms with E-state index in [-0.39, 0.29) is 30.0 Å². The summed E-state index contributed by atoms with van der Waals surface area (Å²) in [6.45, 7) is 0. The fourth-order valence-corrected chi connectivity index (χ4v) is 5.45. The predicted octanol–water partition coefficient (Wildman–Crippen LogP) is 4.86. The highest BCUT2D eigenvalue weighted by atomic mass is 32.1. The summed E-state index contributed by atoms with van der Waals surface area (Å²) in [6, 6.07) is 3.83. The first-order chi connectivity index (χ1) is 14.5. The van der Waals surface area contributed by atoms with Gasteiger partial charge in [-0.15, -0.1) is 11.3 Å². The number of nitroso groups, excluding NO2 is 1. The zero-order chi connectivity index (χ0) is 21.8. The third-order valence-corrected chi connectivity index (χ3v) is 7.36. The Morgan fingerprint density at radius 1 is 1.20 bits per heavy atom. The second-order valence-electron chi connectivity index (χ2n) is 8.54. The third-order valence-electron chi connectivity index (χ3n) is 6.43. The van der Waals surface area contributed by atoms with Crippen molar-refractivity contribution in [2.75, 3.05) is 7.11 Å². The molecule has 0 bridgehead atoms. The first-order valence-corrected chi connectivity index (χ1v) is 12.2. The van der Waals surface area contributed by atoms with Crippen LogP contribution in [-0.4, -0.2) is 41.5 Å². The molecule has 1 aliphatic carbocycles. The number of thiophene rings is 1. The maximum atomic E-state index is 11.3. The average Bonchev–Trinajstić information content (AvgIpc) is 3.36. The summed E-state index contributed by atoms with van der Waals surface area (Å²) < 4.78 is 4.65. The van der Waals surface area contributed by atoms with Crippen LogP contribution in [0.5, 0.6) is 0 Å². The van der Waals surface area contributed by atoms with Crippen molar-refractivity contribution < 1.29 is 19.7 Å². The fraction of sp³-hybridized carbons (Fsp3) is 0.783. The molecule has 0 saturated heterocycles. The minimum absolute atomic E-state index is 0.0551. The SMILES string of the molecule is COC(=O)CCCCCC[C@H]1[C@@H](O)CC(N=O)[C@@H]1CC[C@@H](O)CCCc1cccs1. The molecule has 1 unspecified atom stereocenters. The molecule has 2 N–H and O–H groups in total. The van der Waals surface area contributed by atoms with Crippen LogP contribution in [0.3, 0.4) is 0 Å². The van der Waals surface area contributed by atoms with Gasteiger partial charge in [0.2, 0.25) is 0 Å². The number of ether oxygens (including phenoxy) is 1. The number of carbonyl (C=O) groups excluding carboxylic acids is 1. The molecule has 0 amide bonds. The van der Waals surface area contributed by atoms with Gasteiger partial charge in [-0.1, -0.05) is 30.5 Å². The van der Waals surface area contributed by atoms with Crippen molar-refractivity contribution in [3.05, 3.63) is 27.3 Å². The molecule has 30 heavy (non-hydrogen) atoms. The van der Waals surface area contributed by atoms with Gasteiger partial charge >= 0.3 is 5.97 Å². The lowest BCUT2D eigenvalue weighted by Crippen LogP contribution is -2.23. The summed E-state index contributed by atoms with van der Waals surface area (Å²) in [5.74, 6) is -0.0405. The van der Waals surface area contributed by atoms with E-state index in [4.69, 9.17) is 0 Å². The molecule has 170 valence electrons. The Morgan fingerprint density at radius 3 is 2.70 bits per heavy atom. The van der Waals surface area contributed by atoms with Gasteiger partial charge in [0.05, 0.1) is 25.4 Å². The smallest absolute Gasteiger partial charge is 0.305 e. The number of carbonyl (C=O) groups is 1. The summed E-state index contributed by atoms with van der Waals surface area (Å²) in [4.78, 5) is 23.8. The first-order valence-electron chi connectivity index (χ1n) is 11.3. The van der Waals surface area contributed by atoms with Gasteiger partial charge in [-0.3, -0.25) is 4.79 Å². The molecule has 1 saturated carbocycles. The fourth-order valence-electron chi connectivity index (χ4n) is 4.70. The Bertz CT molecular complexity index is 609. The van der Waals surface area contributed by atoms with E-state index in [1.165, 1.54) is 12.0 Å². The first kappa shape index (κ1) is 25.0. The van der Waals surface area contributed by atoms with Gasteiger partial charge in [0.25, 0.3) is 0 Å². The van der Waals surface area contributed by atoms with Crippen LogP contribution < -0.4 is 0 Å². The number of methoxy groups -OCH3 is 1. The Hall–Kier alpha value is -1.31. The number of aryl methyl sites for hydroxylation is 1. The summed E-state index contributed by atoms with van der Waals surface area (Å²) in [5.41, 5.74) is 0. The highest BCUT2D eigenvalue weighted by Crippen LogP contribution is 2.41. The molecule has 1 aliphatic rings. The minimum Gasteiger partial charge on any atom is -0.469 e.